The number of nitrogens with one attached hydrogen (secondary N) is 4. The van der Waals surface area contributed by atoms with E-state index in [-0.39, 0.29) is 24.1 Å². The normalized spacial score (nSPS) is 23.3. The molecule has 2 aliphatic carbocycles. The lowest BCUT2D eigenvalue weighted by Gasteiger charge is -2.35. The lowest BCUT2D eigenvalue weighted by molar-refractivity contribution is -0.0404. The molecule has 4 N–H and O–H groups in total. The SMILES string of the molecule is Cc1cnc(NC2=CC(C)C(C)(OCCN3CCOCC3)C=C2)nc1Nc1ccc(CNS(=O)(=O)NC2CC2)cc1. The average molecular weight is 584 g/mol. The second kappa shape index (κ2) is 13.0. The summed E-state index contributed by atoms with van der Waals surface area (Å²) in [5, 5.41) is 6.68. The fourth-order valence-corrected chi connectivity index (χ4v) is 5.74. The molecule has 5 rings (SSSR count). The topological polar surface area (TPSA) is 130 Å². The van der Waals surface area contributed by atoms with Gasteiger partial charge in [-0.25, -0.2) is 4.98 Å². The molecule has 12 heteroatoms. The fraction of sp³-hybridized carbons (Fsp3) is 0.517. The van der Waals surface area contributed by atoms with E-state index in [0.717, 1.165) is 68.2 Å². The Morgan fingerprint density at radius 2 is 1.90 bits per heavy atom. The van der Waals surface area contributed by atoms with Crippen molar-refractivity contribution >= 4 is 27.7 Å². The van der Waals surface area contributed by atoms with E-state index in [9.17, 15) is 8.42 Å². The molecule has 1 aromatic carbocycles. The van der Waals surface area contributed by atoms with Crippen molar-refractivity contribution in [3.05, 3.63) is 65.5 Å². The molecular weight excluding hydrogens is 542 g/mol. The molecule has 11 nitrogen and oxygen atoms in total. The van der Waals surface area contributed by atoms with E-state index < -0.39 is 10.2 Å². The van der Waals surface area contributed by atoms with Crippen LogP contribution in [-0.4, -0.2) is 74.4 Å². The summed E-state index contributed by atoms with van der Waals surface area (Å²) in [4.78, 5) is 11.5. The van der Waals surface area contributed by atoms with Crippen LogP contribution in [0.3, 0.4) is 0 Å². The lowest BCUT2D eigenvalue weighted by atomic mass is 9.85. The number of benzene rings is 1. The number of aryl methyl sites for hydroxylation is 1. The first-order valence-electron chi connectivity index (χ1n) is 14.3. The van der Waals surface area contributed by atoms with Crippen LogP contribution in [0.2, 0.25) is 0 Å². The number of hydrogen-bond donors (Lipinski definition) is 4. The van der Waals surface area contributed by atoms with Crippen molar-refractivity contribution in [2.45, 2.75) is 51.8 Å². The van der Waals surface area contributed by atoms with Crippen LogP contribution in [0.15, 0.2) is 54.4 Å². The smallest absolute Gasteiger partial charge is 0.277 e. The lowest BCUT2D eigenvalue weighted by Crippen LogP contribution is -2.41. The highest BCUT2D eigenvalue weighted by molar-refractivity contribution is 7.87. The number of hydrogen-bond acceptors (Lipinski definition) is 9. The Balaban J connectivity index is 1.13. The number of rotatable bonds is 13. The maximum Gasteiger partial charge on any atom is 0.277 e. The summed E-state index contributed by atoms with van der Waals surface area (Å²) in [7, 11) is -3.48. The molecule has 1 saturated carbocycles. The summed E-state index contributed by atoms with van der Waals surface area (Å²) in [5.74, 6) is 1.34. The first-order valence-corrected chi connectivity index (χ1v) is 15.7. The average Bonchev–Trinajstić information content (AvgIpc) is 3.76. The molecular formula is C29H41N7O4S. The Labute approximate surface area is 243 Å². The van der Waals surface area contributed by atoms with Crippen LogP contribution in [-0.2, 0) is 26.2 Å². The van der Waals surface area contributed by atoms with E-state index in [0.29, 0.717) is 18.4 Å². The molecule has 0 amide bonds. The molecule has 2 atom stereocenters. The Morgan fingerprint density at radius 1 is 1.15 bits per heavy atom. The molecule has 2 fully saturated rings. The van der Waals surface area contributed by atoms with Gasteiger partial charge in [-0.2, -0.15) is 22.8 Å². The van der Waals surface area contributed by atoms with Gasteiger partial charge < -0.3 is 20.1 Å². The zero-order chi connectivity index (χ0) is 28.9. The second-order valence-electron chi connectivity index (χ2n) is 11.1. The third-order valence-electron chi connectivity index (χ3n) is 7.66. The van der Waals surface area contributed by atoms with Gasteiger partial charge in [-0.05, 0) is 50.5 Å². The quantitative estimate of drug-likeness (QED) is 0.281. The predicted molar refractivity (Wildman–Crippen MR) is 160 cm³/mol. The van der Waals surface area contributed by atoms with Crippen LogP contribution in [0.4, 0.5) is 17.5 Å². The third-order valence-corrected chi connectivity index (χ3v) is 8.83. The molecule has 0 bridgehead atoms. The number of nitrogens with zero attached hydrogens (tertiary/aromatic N) is 3. The van der Waals surface area contributed by atoms with E-state index in [4.69, 9.17) is 14.5 Å². The number of aromatic nitrogens is 2. The van der Waals surface area contributed by atoms with E-state index in [1.165, 1.54) is 0 Å². The maximum atomic E-state index is 12.0. The van der Waals surface area contributed by atoms with Crippen LogP contribution in [0.5, 0.6) is 0 Å². The van der Waals surface area contributed by atoms with Crippen molar-refractivity contribution in [3.63, 3.8) is 0 Å². The van der Waals surface area contributed by atoms with Gasteiger partial charge in [0, 0.05) is 61.3 Å². The Kier molecular flexibility index (Phi) is 9.37. The zero-order valence-electron chi connectivity index (χ0n) is 24.0. The molecule has 2 heterocycles. The van der Waals surface area contributed by atoms with Gasteiger partial charge in [0.15, 0.2) is 0 Å². The number of allylic oxidation sites excluding steroid dienone is 1. The van der Waals surface area contributed by atoms with E-state index >= 15 is 0 Å². The van der Waals surface area contributed by atoms with Gasteiger partial charge in [0.1, 0.15) is 5.82 Å². The highest BCUT2D eigenvalue weighted by Crippen LogP contribution is 2.31. The fourth-order valence-electron chi connectivity index (χ4n) is 4.62. The highest BCUT2D eigenvalue weighted by atomic mass is 32.2. The Hall–Kier alpha value is -2.87. The van der Waals surface area contributed by atoms with Crippen molar-refractivity contribution in [1.82, 2.24) is 24.3 Å². The summed E-state index contributed by atoms with van der Waals surface area (Å²) in [5.41, 5.74) is 3.15. The summed E-state index contributed by atoms with van der Waals surface area (Å²) < 4.78 is 41.1. The van der Waals surface area contributed by atoms with Crippen LogP contribution >= 0.6 is 0 Å². The van der Waals surface area contributed by atoms with Crippen molar-refractivity contribution in [2.24, 2.45) is 5.92 Å². The largest absolute Gasteiger partial charge is 0.379 e. The number of morpholine rings is 1. The molecule has 3 aliphatic rings. The molecule has 222 valence electrons. The minimum atomic E-state index is -3.48. The first kappa shape index (κ1) is 29.6. The Bertz CT molecular complexity index is 1360. The minimum Gasteiger partial charge on any atom is -0.379 e. The van der Waals surface area contributed by atoms with E-state index in [2.05, 4.69) is 56.0 Å². The summed E-state index contributed by atoms with van der Waals surface area (Å²) in [6.07, 6.45) is 9.87. The minimum absolute atomic E-state index is 0.0772. The molecule has 0 spiro atoms. The zero-order valence-corrected chi connectivity index (χ0v) is 24.8. The van der Waals surface area contributed by atoms with Crippen molar-refractivity contribution in [1.29, 1.82) is 0 Å². The monoisotopic (exact) mass is 583 g/mol. The Morgan fingerprint density at radius 3 is 2.61 bits per heavy atom. The second-order valence-corrected chi connectivity index (χ2v) is 12.7. The van der Waals surface area contributed by atoms with E-state index in [1.54, 1.807) is 6.20 Å². The van der Waals surface area contributed by atoms with Crippen LogP contribution < -0.4 is 20.1 Å². The summed E-state index contributed by atoms with van der Waals surface area (Å²) >= 11 is 0. The standard InChI is InChI=1S/C29H41N7O4S/c1-21-19-30-28(33-26-10-11-29(3,22(2)18-26)40-17-14-36-12-15-39-16-13-36)34-27(21)32-24-6-4-23(5-7-24)20-31-41(37,38)35-25-8-9-25/h4-7,10-11,18-19,22,25,31,35H,8-9,12-17,20H2,1-3H3,(H2,30,32,33,34). The van der Waals surface area contributed by atoms with Crippen LogP contribution in [0, 0.1) is 12.8 Å². The van der Waals surface area contributed by atoms with Gasteiger partial charge >= 0.3 is 0 Å². The molecule has 1 aromatic heterocycles. The number of anilines is 3. The predicted octanol–water partition coefficient (Wildman–Crippen LogP) is 3.22. The molecule has 1 aliphatic heterocycles. The molecule has 2 aromatic rings. The molecule has 2 unspecified atom stereocenters. The van der Waals surface area contributed by atoms with Gasteiger partial charge in [-0.3, -0.25) is 4.90 Å². The maximum absolute atomic E-state index is 12.0. The molecule has 41 heavy (non-hydrogen) atoms. The first-order chi connectivity index (χ1) is 19.7. The van der Waals surface area contributed by atoms with E-state index in [1.807, 2.05) is 37.3 Å². The third kappa shape index (κ3) is 8.57. The van der Waals surface area contributed by atoms with Gasteiger partial charge in [0.25, 0.3) is 10.2 Å². The van der Waals surface area contributed by atoms with Crippen LogP contribution in [0.25, 0.3) is 0 Å². The van der Waals surface area contributed by atoms with Gasteiger partial charge in [-0.1, -0.05) is 31.2 Å². The highest BCUT2D eigenvalue weighted by Gasteiger charge is 2.31. The van der Waals surface area contributed by atoms with Gasteiger partial charge in [0.05, 0.1) is 25.4 Å². The summed E-state index contributed by atoms with van der Waals surface area (Å²) in [6.45, 7) is 11.5. The van der Waals surface area contributed by atoms with Crippen molar-refractivity contribution < 1.29 is 17.9 Å². The number of ether oxygens (including phenoxy) is 2. The summed E-state index contributed by atoms with van der Waals surface area (Å²) in [6, 6.07) is 7.66. The van der Waals surface area contributed by atoms with Crippen molar-refractivity contribution in [2.75, 3.05) is 50.1 Å². The van der Waals surface area contributed by atoms with Crippen molar-refractivity contribution in [3.8, 4) is 0 Å². The van der Waals surface area contributed by atoms with Crippen LogP contribution in [0.1, 0.15) is 37.8 Å². The van der Waals surface area contributed by atoms with Gasteiger partial charge in [0.2, 0.25) is 5.95 Å². The van der Waals surface area contributed by atoms with Gasteiger partial charge in [-0.15, -0.1) is 0 Å². The molecule has 0 radical (unpaired) electrons. The molecule has 1 saturated heterocycles.